The second kappa shape index (κ2) is 8.24. The molecule has 0 bridgehead atoms. The van der Waals surface area contributed by atoms with E-state index in [1.165, 1.54) is 0 Å². The maximum absolute atomic E-state index is 12.8. The Kier molecular flexibility index (Phi) is 5.78. The number of amides is 2. The molecule has 2 amide bonds. The van der Waals surface area contributed by atoms with Gasteiger partial charge in [0.05, 0.1) is 12.8 Å². The summed E-state index contributed by atoms with van der Waals surface area (Å²) in [4.78, 5) is 31.9. The highest BCUT2D eigenvalue weighted by atomic mass is 16.5. The van der Waals surface area contributed by atoms with Crippen LogP contribution in [0.25, 0.3) is 0 Å². The molecule has 0 aliphatic carbocycles. The van der Waals surface area contributed by atoms with Gasteiger partial charge in [-0.1, -0.05) is 0 Å². The SMILES string of the molecule is CCN(CC)C(=O)c1nc(C(=O)Nc2ccc(OC)cc2)c2n1CCCC2. The number of fused-ring (bicyclic) bond motifs is 1. The minimum absolute atomic E-state index is 0.119. The largest absolute Gasteiger partial charge is 0.497 e. The van der Waals surface area contributed by atoms with Crippen LogP contribution in [0.2, 0.25) is 0 Å². The van der Waals surface area contributed by atoms with Gasteiger partial charge in [0.25, 0.3) is 11.8 Å². The van der Waals surface area contributed by atoms with E-state index in [4.69, 9.17) is 4.74 Å². The average Bonchev–Trinajstić information content (AvgIpc) is 3.09. The van der Waals surface area contributed by atoms with Gasteiger partial charge >= 0.3 is 0 Å². The highest BCUT2D eigenvalue weighted by molar-refractivity contribution is 6.05. The molecular formula is C20H26N4O3. The fourth-order valence-corrected chi connectivity index (χ4v) is 3.41. The molecule has 1 N–H and O–H groups in total. The number of hydrogen-bond donors (Lipinski definition) is 1. The Bertz CT molecular complexity index is 822. The summed E-state index contributed by atoms with van der Waals surface area (Å²) in [6.45, 7) is 5.84. The lowest BCUT2D eigenvalue weighted by Gasteiger charge is -2.21. The lowest BCUT2D eigenvalue weighted by molar-refractivity contribution is 0.0754. The summed E-state index contributed by atoms with van der Waals surface area (Å²) in [6.07, 6.45) is 2.73. The number of rotatable bonds is 6. The summed E-state index contributed by atoms with van der Waals surface area (Å²) >= 11 is 0. The fourth-order valence-electron chi connectivity index (χ4n) is 3.41. The molecule has 7 nitrogen and oxygen atoms in total. The first-order valence-corrected chi connectivity index (χ1v) is 9.43. The Balaban J connectivity index is 1.90. The Morgan fingerprint density at radius 2 is 1.89 bits per heavy atom. The normalized spacial score (nSPS) is 13.0. The van der Waals surface area contributed by atoms with Gasteiger partial charge in [-0.15, -0.1) is 0 Å². The van der Waals surface area contributed by atoms with Gasteiger partial charge in [-0.05, 0) is 57.4 Å². The number of carbonyl (C=O) groups is 2. The number of nitrogens with one attached hydrogen (secondary N) is 1. The molecule has 7 heteroatoms. The molecule has 0 saturated heterocycles. The van der Waals surface area contributed by atoms with Gasteiger partial charge in [-0.2, -0.15) is 0 Å². The monoisotopic (exact) mass is 370 g/mol. The number of methoxy groups -OCH3 is 1. The summed E-state index contributed by atoms with van der Waals surface area (Å²) in [5, 5.41) is 2.87. The van der Waals surface area contributed by atoms with Crippen LogP contribution in [0.4, 0.5) is 5.69 Å². The molecule has 0 atom stereocenters. The first-order chi connectivity index (χ1) is 13.1. The van der Waals surface area contributed by atoms with Gasteiger partial charge < -0.3 is 19.5 Å². The zero-order valence-corrected chi connectivity index (χ0v) is 16.1. The van der Waals surface area contributed by atoms with Gasteiger partial charge in [0.15, 0.2) is 11.5 Å². The van der Waals surface area contributed by atoms with Crippen LogP contribution in [0, 0.1) is 0 Å². The fraction of sp³-hybridized carbons (Fsp3) is 0.450. The molecule has 1 aliphatic rings. The Morgan fingerprint density at radius 3 is 2.52 bits per heavy atom. The third kappa shape index (κ3) is 3.82. The van der Waals surface area contributed by atoms with Crippen LogP contribution in [0.15, 0.2) is 24.3 Å². The molecule has 0 unspecified atom stereocenters. The molecule has 0 fully saturated rings. The Morgan fingerprint density at radius 1 is 1.19 bits per heavy atom. The first kappa shape index (κ1) is 18.9. The van der Waals surface area contributed by atoms with E-state index in [0.29, 0.717) is 30.3 Å². The van der Waals surface area contributed by atoms with Gasteiger partial charge in [0.1, 0.15) is 5.75 Å². The maximum Gasteiger partial charge on any atom is 0.289 e. The van der Waals surface area contributed by atoms with Crippen LogP contribution in [0.1, 0.15) is 53.5 Å². The quantitative estimate of drug-likeness (QED) is 0.848. The lowest BCUT2D eigenvalue weighted by Crippen LogP contribution is -2.33. The number of carbonyl (C=O) groups excluding carboxylic acids is 2. The predicted molar refractivity (Wildman–Crippen MR) is 103 cm³/mol. The zero-order valence-electron chi connectivity index (χ0n) is 16.1. The van der Waals surface area contributed by atoms with E-state index < -0.39 is 0 Å². The van der Waals surface area contributed by atoms with E-state index in [0.717, 1.165) is 37.3 Å². The topological polar surface area (TPSA) is 76.5 Å². The van der Waals surface area contributed by atoms with Gasteiger partial charge in [0, 0.05) is 25.3 Å². The highest BCUT2D eigenvalue weighted by Gasteiger charge is 2.29. The molecule has 0 saturated carbocycles. The van der Waals surface area contributed by atoms with E-state index in [2.05, 4.69) is 10.3 Å². The van der Waals surface area contributed by atoms with E-state index >= 15 is 0 Å². The van der Waals surface area contributed by atoms with Crippen molar-refractivity contribution in [1.29, 1.82) is 0 Å². The number of ether oxygens (including phenoxy) is 1. The molecule has 1 aromatic heterocycles. The van der Waals surface area contributed by atoms with Gasteiger partial charge in [0.2, 0.25) is 0 Å². The van der Waals surface area contributed by atoms with Crippen molar-refractivity contribution >= 4 is 17.5 Å². The van der Waals surface area contributed by atoms with E-state index in [-0.39, 0.29) is 11.8 Å². The van der Waals surface area contributed by atoms with Crippen molar-refractivity contribution < 1.29 is 14.3 Å². The molecule has 0 spiro atoms. The van der Waals surface area contributed by atoms with Crippen LogP contribution < -0.4 is 10.1 Å². The van der Waals surface area contributed by atoms with Crippen molar-refractivity contribution in [2.45, 2.75) is 39.7 Å². The van der Waals surface area contributed by atoms with Crippen molar-refractivity contribution in [1.82, 2.24) is 14.5 Å². The van der Waals surface area contributed by atoms with Crippen LogP contribution in [-0.4, -0.2) is 46.5 Å². The number of nitrogens with zero attached hydrogens (tertiary/aromatic N) is 3. The summed E-state index contributed by atoms with van der Waals surface area (Å²) in [5.74, 6) is 0.684. The molecule has 1 aromatic carbocycles. The summed E-state index contributed by atoms with van der Waals surface area (Å²) < 4.78 is 7.06. The van der Waals surface area contributed by atoms with Crippen molar-refractivity contribution in [2.75, 3.05) is 25.5 Å². The molecular weight excluding hydrogens is 344 g/mol. The smallest absolute Gasteiger partial charge is 0.289 e. The van der Waals surface area contributed by atoms with Crippen LogP contribution >= 0.6 is 0 Å². The minimum Gasteiger partial charge on any atom is -0.497 e. The lowest BCUT2D eigenvalue weighted by atomic mass is 10.1. The maximum atomic E-state index is 12.8. The highest BCUT2D eigenvalue weighted by Crippen LogP contribution is 2.23. The average molecular weight is 370 g/mol. The second-order valence-electron chi connectivity index (χ2n) is 6.50. The van der Waals surface area contributed by atoms with Crippen molar-refractivity contribution in [3.05, 3.63) is 41.5 Å². The number of hydrogen-bond acceptors (Lipinski definition) is 4. The van der Waals surface area contributed by atoms with E-state index in [1.807, 2.05) is 18.4 Å². The zero-order chi connectivity index (χ0) is 19.4. The number of imidazole rings is 1. The van der Waals surface area contributed by atoms with Crippen LogP contribution in [-0.2, 0) is 13.0 Å². The molecule has 2 aromatic rings. The van der Waals surface area contributed by atoms with Gasteiger partial charge in [-0.25, -0.2) is 4.98 Å². The molecule has 144 valence electrons. The predicted octanol–water partition coefficient (Wildman–Crippen LogP) is 2.96. The number of benzene rings is 1. The van der Waals surface area contributed by atoms with Gasteiger partial charge in [-0.3, -0.25) is 9.59 Å². The van der Waals surface area contributed by atoms with Crippen molar-refractivity contribution in [2.24, 2.45) is 0 Å². The molecule has 27 heavy (non-hydrogen) atoms. The standard InChI is InChI=1S/C20H26N4O3/c1-4-23(5-2)20(26)18-22-17(16-8-6-7-13-24(16)18)19(25)21-14-9-11-15(27-3)12-10-14/h9-12H,4-8,13H2,1-3H3,(H,21,25). The summed E-state index contributed by atoms with van der Waals surface area (Å²) in [7, 11) is 1.60. The molecule has 3 rings (SSSR count). The number of aromatic nitrogens is 2. The van der Waals surface area contributed by atoms with Crippen LogP contribution in [0.5, 0.6) is 5.75 Å². The Hall–Kier alpha value is -2.83. The van der Waals surface area contributed by atoms with Crippen LogP contribution in [0.3, 0.4) is 0 Å². The van der Waals surface area contributed by atoms with E-state index in [9.17, 15) is 9.59 Å². The second-order valence-corrected chi connectivity index (χ2v) is 6.50. The van der Waals surface area contributed by atoms with Crippen molar-refractivity contribution in [3.63, 3.8) is 0 Å². The third-order valence-electron chi connectivity index (χ3n) is 4.92. The first-order valence-electron chi connectivity index (χ1n) is 9.43. The summed E-state index contributed by atoms with van der Waals surface area (Å²) in [6, 6.07) is 7.13. The van der Waals surface area contributed by atoms with Crippen molar-refractivity contribution in [3.8, 4) is 5.75 Å². The minimum atomic E-state index is -0.288. The molecule has 0 radical (unpaired) electrons. The number of anilines is 1. The van der Waals surface area contributed by atoms with E-state index in [1.54, 1.807) is 36.3 Å². The Labute approximate surface area is 159 Å². The summed E-state index contributed by atoms with van der Waals surface area (Å²) in [5.41, 5.74) is 1.86. The molecule has 2 heterocycles. The molecule has 1 aliphatic heterocycles. The third-order valence-corrected chi connectivity index (χ3v) is 4.92.